The second-order valence-corrected chi connectivity index (χ2v) is 5.22. The molecule has 0 saturated heterocycles. The summed E-state index contributed by atoms with van der Waals surface area (Å²) >= 11 is 0. The fourth-order valence-corrected chi connectivity index (χ4v) is 2.18. The van der Waals surface area contributed by atoms with E-state index in [1.54, 1.807) is 32.4 Å². The molecule has 0 spiro atoms. The number of aryl methyl sites for hydroxylation is 2. The van der Waals surface area contributed by atoms with Gasteiger partial charge in [-0.15, -0.1) is 0 Å². The Kier molecular flexibility index (Phi) is 5.51. The molecule has 2 aromatic rings. The number of pyridine rings is 1. The fourth-order valence-electron chi connectivity index (χ4n) is 2.18. The van der Waals surface area contributed by atoms with Gasteiger partial charge in [-0.05, 0) is 25.5 Å². The van der Waals surface area contributed by atoms with E-state index in [9.17, 15) is 9.59 Å². The molecule has 1 amide bonds. The number of furan rings is 1. The molecule has 0 fully saturated rings. The first-order valence-corrected chi connectivity index (χ1v) is 7.35. The Morgan fingerprint density at radius 3 is 2.70 bits per heavy atom. The molecule has 122 valence electrons. The van der Waals surface area contributed by atoms with Gasteiger partial charge in [0.2, 0.25) is 11.8 Å². The van der Waals surface area contributed by atoms with Crippen molar-refractivity contribution in [2.45, 2.75) is 33.2 Å². The number of carbonyl (C=O) groups is 2. The second kappa shape index (κ2) is 7.58. The molecule has 0 unspecified atom stereocenters. The smallest absolute Gasteiger partial charge is 0.220 e. The van der Waals surface area contributed by atoms with Crippen LogP contribution in [0.4, 0.5) is 0 Å². The predicted octanol–water partition coefficient (Wildman–Crippen LogP) is 2.44. The summed E-state index contributed by atoms with van der Waals surface area (Å²) in [5.41, 5.74) is 1.47. The minimum atomic E-state index is -0.0840. The van der Waals surface area contributed by atoms with Gasteiger partial charge in [0.25, 0.3) is 0 Å². The molecule has 6 nitrogen and oxygen atoms in total. The van der Waals surface area contributed by atoms with Crippen molar-refractivity contribution in [3.63, 3.8) is 0 Å². The highest BCUT2D eigenvalue weighted by Crippen LogP contribution is 2.16. The molecule has 0 radical (unpaired) electrons. The highest BCUT2D eigenvalue weighted by Gasteiger charge is 2.12. The Morgan fingerprint density at radius 1 is 1.35 bits per heavy atom. The van der Waals surface area contributed by atoms with Crippen LogP contribution in [0.25, 0.3) is 0 Å². The van der Waals surface area contributed by atoms with Gasteiger partial charge in [-0.25, -0.2) is 4.98 Å². The van der Waals surface area contributed by atoms with E-state index in [-0.39, 0.29) is 11.7 Å². The normalized spacial score (nSPS) is 10.4. The van der Waals surface area contributed by atoms with Crippen LogP contribution in [0.1, 0.15) is 40.8 Å². The molecule has 0 aliphatic rings. The van der Waals surface area contributed by atoms with Crippen molar-refractivity contribution >= 4 is 11.7 Å². The number of nitrogens with one attached hydrogen (secondary N) is 1. The lowest BCUT2D eigenvalue weighted by molar-refractivity contribution is -0.121. The molecule has 0 bridgehead atoms. The van der Waals surface area contributed by atoms with Gasteiger partial charge in [0.05, 0.1) is 12.7 Å². The highest BCUT2D eigenvalue weighted by atomic mass is 16.5. The summed E-state index contributed by atoms with van der Waals surface area (Å²) < 4.78 is 10.5. The number of aromatic nitrogens is 1. The topological polar surface area (TPSA) is 81.4 Å². The number of methoxy groups -OCH3 is 1. The van der Waals surface area contributed by atoms with Crippen LogP contribution in [-0.4, -0.2) is 23.8 Å². The molecule has 1 N–H and O–H groups in total. The molecule has 2 heterocycles. The summed E-state index contributed by atoms with van der Waals surface area (Å²) in [6.45, 7) is 3.65. The zero-order valence-corrected chi connectivity index (χ0v) is 13.5. The van der Waals surface area contributed by atoms with Crippen LogP contribution in [0, 0.1) is 6.92 Å². The SMILES string of the molecule is COc1ccc(CNC(=O)CCc2cc(C(C)=O)c(C)o2)cn1. The molecule has 0 aromatic carbocycles. The lowest BCUT2D eigenvalue weighted by atomic mass is 10.1. The predicted molar refractivity (Wildman–Crippen MR) is 84.4 cm³/mol. The van der Waals surface area contributed by atoms with Gasteiger partial charge in [-0.1, -0.05) is 6.07 Å². The molecule has 2 aromatic heterocycles. The van der Waals surface area contributed by atoms with Crippen molar-refractivity contribution in [3.05, 3.63) is 47.0 Å². The highest BCUT2D eigenvalue weighted by molar-refractivity contribution is 5.95. The number of ketones is 1. The number of amides is 1. The minimum Gasteiger partial charge on any atom is -0.481 e. The van der Waals surface area contributed by atoms with Crippen LogP contribution in [0.5, 0.6) is 5.88 Å². The first-order chi connectivity index (χ1) is 11.0. The van der Waals surface area contributed by atoms with Crippen molar-refractivity contribution in [2.75, 3.05) is 7.11 Å². The van der Waals surface area contributed by atoms with Gasteiger partial charge < -0.3 is 14.5 Å². The number of hydrogen-bond donors (Lipinski definition) is 1. The third-order valence-corrected chi connectivity index (χ3v) is 3.44. The first kappa shape index (κ1) is 16.7. The molecule has 0 atom stereocenters. The standard InChI is InChI=1S/C17H20N2O4/c1-11(20)15-8-14(23-12(15)2)5-6-16(21)18-9-13-4-7-17(22-3)19-10-13/h4,7-8,10H,5-6,9H2,1-3H3,(H,18,21). The lowest BCUT2D eigenvalue weighted by Crippen LogP contribution is -2.23. The van der Waals surface area contributed by atoms with Gasteiger partial charge in [-0.3, -0.25) is 9.59 Å². The van der Waals surface area contributed by atoms with Crippen molar-refractivity contribution in [1.82, 2.24) is 10.3 Å². The third kappa shape index (κ3) is 4.67. The number of carbonyl (C=O) groups excluding carboxylic acids is 2. The monoisotopic (exact) mass is 316 g/mol. The van der Waals surface area contributed by atoms with E-state index in [1.165, 1.54) is 6.92 Å². The summed E-state index contributed by atoms with van der Waals surface area (Å²) in [6, 6.07) is 5.30. The molecular weight excluding hydrogens is 296 g/mol. The summed E-state index contributed by atoms with van der Waals surface area (Å²) in [5, 5.41) is 2.82. The molecular formula is C17H20N2O4. The maximum absolute atomic E-state index is 11.9. The number of Topliss-reactive ketones (excluding diaryl/α,β-unsaturated/α-hetero) is 1. The first-order valence-electron chi connectivity index (χ1n) is 7.35. The lowest BCUT2D eigenvalue weighted by Gasteiger charge is -2.05. The average molecular weight is 316 g/mol. The van der Waals surface area contributed by atoms with Crippen LogP contribution in [0.3, 0.4) is 0 Å². The summed E-state index contributed by atoms with van der Waals surface area (Å²) in [4.78, 5) is 27.3. The Labute approximate surface area is 134 Å². The van der Waals surface area contributed by atoms with E-state index in [4.69, 9.17) is 9.15 Å². The van der Waals surface area contributed by atoms with Crippen LogP contribution in [0.15, 0.2) is 28.8 Å². The zero-order chi connectivity index (χ0) is 16.8. The van der Waals surface area contributed by atoms with Crippen LogP contribution in [-0.2, 0) is 17.8 Å². The fraction of sp³-hybridized carbons (Fsp3) is 0.353. The molecule has 6 heteroatoms. The number of hydrogen-bond acceptors (Lipinski definition) is 5. The molecule has 2 rings (SSSR count). The van der Waals surface area contributed by atoms with Gasteiger partial charge in [0, 0.05) is 31.6 Å². The quantitative estimate of drug-likeness (QED) is 0.793. The average Bonchev–Trinajstić information content (AvgIpc) is 2.92. The number of nitrogens with zero attached hydrogens (tertiary/aromatic N) is 1. The Bertz CT molecular complexity index is 689. The third-order valence-electron chi connectivity index (χ3n) is 3.44. The Hall–Kier alpha value is -2.63. The van der Waals surface area contributed by atoms with E-state index in [0.29, 0.717) is 42.4 Å². The largest absolute Gasteiger partial charge is 0.481 e. The van der Waals surface area contributed by atoms with Gasteiger partial charge in [-0.2, -0.15) is 0 Å². The van der Waals surface area contributed by atoms with Crippen molar-refractivity contribution in [2.24, 2.45) is 0 Å². The number of ether oxygens (including phenoxy) is 1. The number of rotatable bonds is 7. The van der Waals surface area contributed by atoms with Crippen LogP contribution in [0.2, 0.25) is 0 Å². The molecule has 0 aliphatic carbocycles. The zero-order valence-electron chi connectivity index (χ0n) is 13.5. The van der Waals surface area contributed by atoms with Gasteiger partial charge in [0.1, 0.15) is 11.5 Å². The molecule has 0 saturated carbocycles. The van der Waals surface area contributed by atoms with Crippen molar-refractivity contribution < 1.29 is 18.7 Å². The van der Waals surface area contributed by atoms with Crippen molar-refractivity contribution in [1.29, 1.82) is 0 Å². The minimum absolute atomic E-state index is 0.0334. The van der Waals surface area contributed by atoms with Crippen LogP contribution < -0.4 is 10.1 Å². The van der Waals surface area contributed by atoms with E-state index in [2.05, 4.69) is 10.3 Å². The van der Waals surface area contributed by atoms with E-state index in [0.717, 1.165) is 5.56 Å². The van der Waals surface area contributed by atoms with E-state index < -0.39 is 0 Å². The van der Waals surface area contributed by atoms with E-state index in [1.807, 2.05) is 6.07 Å². The van der Waals surface area contributed by atoms with Gasteiger partial charge in [0.15, 0.2) is 5.78 Å². The Balaban J connectivity index is 1.80. The van der Waals surface area contributed by atoms with Crippen molar-refractivity contribution in [3.8, 4) is 5.88 Å². The summed E-state index contributed by atoms with van der Waals surface area (Å²) in [6.07, 6.45) is 2.42. The summed E-state index contributed by atoms with van der Waals surface area (Å²) in [5.74, 6) is 1.66. The summed E-state index contributed by atoms with van der Waals surface area (Å²) in [7, 11) is 1.55. The maximum atomic E-state index is 11.9. The Morgan fingerprint density at radius 2 is 2.13 bits per heavy atom. The second-order valence-electron chi connectivity index (χ2n) is 5.22. The maximum Gasteiger partial charge on any atom is 0.220 e. The molecule has 0 aliphatic heterocycles. The van der Waals surface area contributed by atoms with Gasteiger partial charge >= 0.3 is 0 Å². The van der Waals surface area contributed by atoms with E-state index >= 15 is 0 Å². The molecule has 23 heavy (non-hydrogen) atoms. The van der Waals surface area contributed by atoms with Crippen LogP contribution >= 0.6 is 0 Å².